The van der Waals surface area contributed by atoms with Crippen molar-refractivity contribution in [2.24, 2.45) is 5.84 Å². The predicted octanol–water partition coefficient (Wildman–Crippen LogP) is 0.278. The molecule has 0 aliphatic heterocycles. The lowest BCUT2D eigenvalue weighted by Gasteiger charge is -2.15. The Kier molecular flexibility index (Phi) is 5.50. The maximum absolute atomic E-state index is 12.6. The molecule has 0 radical (unpaired) electrons. The third-order valence-corrected chi connectivity index (χ3v) is 3.46. The number of halogens is 4. The molecule has 2 rings (SSSR count). The minimum atomic E-state index is -4.92. The molecule has 8 nitrogen and oxygen atoms in total. The average Bonchev–Trinajstić information content (AvgIpc) is 2.84. The van der Waals surface area contributed by atoms with E-state index < -0.39 is 37.0 Å². The number of amides is 1. The van der Waals surface area contributed by atoms with Crippen LogP contribution in [0.3, 0.4) is 0 Å². The number of alkyl halides is 3. The lowest BCUT2D eigenvalue weighted by Crippen LogP contribution is -2.39. The summed E-state index contributed by atoms with van der Waals surface area (Å²) < 4.78 is 39.2. The Bertz CT molecular complexity index is 816. The van der Waals surface area contributed by atoms with Crippen molar-refractivity contribution in [1.29, 1.82) is 0 Å². The number of carbonyl (C=O) groups excluding carboxylic acids is 1. The molecule has 2 aromatic rings. The van der Waals surface area contributed by atoms with Crippen molar-refractivity contribution in [1.82, 2.24) is 19.8 Å². The number of aliphatic hydroxyl groups excluding tert-OH is 1. The topological polar surface area (TPSA) is 115 Å². The fourth-order valence-corrected chi connectivity index (χ4v) is 2.11. The van der Waals surface area contributed by atoms with E-state index >= 15 is 0 Å². The average molecular weight is 380 g/mol. The predicted molar refractivity (Wildman–Crippen MR) is 81.3 cm³/mol. The van der Waals surface area contributed by atoms with Gasteiger partial charge in [0.05, 0.1) is 6.54 Å². The number of hydrogen-bond donors (Lipinski definition) is 3. The number of carbonyl (C=O) groups is 1. The Hall–Kier alpha value is -2.37. The van der Waals surface area contributed by atoms with E-state index in [0.29, 0.717) is 14.3 Å². The first kappa shape index (κ1) is 19.0. The zero-order chi connectivity index (χ0) is 18.8. The van der Waals surface area contributed by atoms with Crippen molar-refractivity contribution >= 4 is 17.5 Å². The Morgan fingerprint density at radius 3 is 2.48 bits per heavy atom. The fraction of sp³-hybridized carbons (Fsp3) is 0.308. The number of benzene rings is 1. The molecule has 4 N–H and O–H groups in total. The molecule has 0 aliphatic carbocycles. The molecule has 1 unspecified atom stereocenters. The van der Waals surface area contributed by atoms with Crippen molar-refractivity contribution in [2.45, 2.75) is 25.4 Å². The normalized spacial score (nSPS) is 12.9. The first-order valence-corrected chi connectivity index (χ1v) is 7.19. The summed E-state index contributed by atoms with van der Waals surface area (Å²) in [5, 5.41) is 13.5. The van der Waals surface area contributed by atoms with Crippen LogP contribution in [0, 0.1) is 0 Å². The molecule has 0 spiro atoms. The quantitative estimate of drug-likeness (QED) is 0.392. The molecule has 0 fully saturated rings. The lowest BCUT2D eigenvalue weighted by molar-refractivity contribution is -0.207. The number of aliphatic hydroxyl groups is 1. The van der Waals surface area contributed by atoms with Gasteiger partial charge in [0.1, 0.15) is 6.54 Å². The van der Waals surface area contributed by atoms with Crippen LogP contribution in [0.5, 0.6) is 0 Å². The first-order valence-electron chi connectivity index (χ1n) is 6.81. The van der Waals surface area contributed by atoms with Gasteiger partial charge in [0.2, 0.25) is 0 Å². The zero-order valence-corrected chi connectivity index (χ0v) is 13.3. The summed E-state index contributed by atoms with van der Waals surface area (Å²) in [6.45, 7) is -1.67. The van der Waals surface area contributed by atoms with Crippen molar-refractivity contribution in [3.8, 4) is 11.4 Å². The van der Waals surface area contributed by atoms with Gasteiger partial charge in [0, 0.05) is 10.6 Å². The Morgan fingerprint density at radius 2 is 1.96 bits per heavy atom. The van der Waals surface area contributed by atoms with Crippen molar-refractivity contribution in [3.05, 3.63) is 39.8 Å². The van der Waals surface area contributed by atoms with Crippen LogP contribution in [-0.2, 0) is 17.9 Å². The smallest absolute Gasteiger partial charge is 0.382 e. The SMILES string of the molecule is NNC(=O)Cn1nc(-c2ccc(Cl)cc2)n(CC(O)C(F)(F)F)c1=O. The van der Waals surface area contributed by atoms with Gasteiger partial charge in [-0.15, -0.1) is 5.10 Å². The van der Waals surface area contributed by atoms with Crippen molar-refractivity contribution in [2.75, 3.05) is 0 Å². The van der Waals surface area contributed by atoms with Gasteiger partial charge in [0.25, 0.3) is 5.91 Å². The summed E-state index contributed by atoms with van der Waals surface area (Å²) in [6, 6.07) is 5.79. The summed E-state index contributed by atoms with van der Waals surface area (Å²) in [6.07, 6.45) is -7.70. The molecular formula is C13H13ClF3N5O3. The summed E-state index contributed by atoms with van der Waals surface area (Å²) in [4.78, 5) is 23.6. The van der Waals surface area contributed by atoms with E-state index in [9.17, 15) is 27.9 Å². The largest absolute Gasteiger partial charge is 0.416 e. The van der Waals surface area contributed by atoms with Gasteiger partial charge in [-0.3, -0.25) is 14.8 Å². The summed E-state index contributed by atoms with van der Waals surface area (Å²) in [5.74, 6) is 4.00. The minimum Gasteiger partial charge on any atom is -0.382 e. The zero-order valence-electron chi connectivity index (χ0n) is 12.5. The summed E-state index contributed by atoms with van der Waals surface area (Å²) >= 11 is 5.76. The molecular weight excluding hydrogens is 367 g/mol. The van der Waals surface area contributed by atoms with Crippen LogP contribution < -0.4 is 17.0 Å². The second kappa shape index (κ2) is 7.25. The number of aromatic nitrogens is 3. The van der Waals surface area contributed by atoms with Gasteiger partial charge < -0.3 is 5.11 Å². The Balaban J connectivity index is 2.51. The van der Waals surface area contributed by atoms with Gasteiger partial charge in [-0.2, -0.15) is 13.2 Å². The monoisotopic (exact) mass is 379 g/mol. The molecule has 0 saturated heterocycles. The number of hydrogen-bond acceptors (Lipinski definition) is 5. The highest BCUT2D eigenvalue weighted by Crippen LogP contribution is 2.23. The van der Waals surface area contributed by atoms with Crippen LogP contribution in [0.4, 0.5) is 13.2 Å². The second-order valence-corrected chi connectivity index (χ2v) is 5.44. The van der Waals surface area contributed by atoms with E-state index in [0.717, 1.165) is 0 Å². The maximum Gasteiger partial charge on any atom is 0.416 e. The molecule has 0 saturated carbocycles. The van der Waals surface area contributed by atoms with E-state index in [1.165, 1.54) is 24.3 Å². The van der Waals surface area contributed by atoms with E-state index in [1.54, 1.807) is 5.43 Å². The number of nitrogens with two attached hydrogens (primary N) is 1. The molecule has 1 aromatic carbocycles. The number of rotatable bonds is 5. The molecule has 12 heteroatoms. The molecule has 1 atom stereocenters. The van der Waals surface area contributed by atoms with E-state index in [-0.39, 0.29) is 11.4 Å². The van der Waals surface area contributed by atoms with Crippen molar-refractivity contribution < 1.29 is 23.1 Å². The number of nitrogens with zero attached hydrogens (tertiary/aromatic N) is 3. The van der Waals surface area contributed by atoms with Gasteiger partial charge >= 0.3 is 11.9 Å². The summed E-state index contributed by atoms with van der Waals surface area (Å²) in [5.41, 5.74) is 1.06. The van der Waals surface area contributed by atoms with Crippen LogP contribution in [0.1, 0.15) is 0 Å². The second-order valence-electron chi connectivity index (χ2n) is 5.01. The molecule has 1 heterocycles. The Labute approximate surface area is 143 Å². The van der Waals surface area contributed by atoms with Crippen LogP contribution in [-0.4, -0.2) is 37.6 Å². The van der Waals surface area contributed by atoms with Crippen LogP contribution in [0.25, 0.3) is 11.4 Å². The van der Waals surface area contributed by atoms with Crippen LogP contribution in [0.15, 0.2) is 29.1 Å². The third-order valence-electron chi connectivity index (χ3n) is 3.21. The minimum absolute atomic E-state index is 0.158. The van der Waals surface area contributed by atoms with Gasteiger partial charge in [-0.25, -0.2) is 15.3 Å². The number of nitrogens with one attached hydrogen (secondary N) is 1. The van der Waals surface area contributed by atoms with Crippen LogP contribution in [0.2, 0.25) is 5.02 Å². The first-order chi connectivity index (χ1) is 11.6. The van der Waals surface area contributed by atoms with E-state index in [2.05, 4.69) is 5.10 Å². The third kappa shape index (κ3) is 4.38. The number of hydrazine groups is 1. The van der Waals surface area contributed by atoms with Crippen LogP contribution >= 0.6 is 11.6 Å². The van der Waals surface area contributed by atoms with Gasteiger partial charge in [0.15, 0.2) is 11.9 Å². The molecule has 25 heavy (non-hydrogen) atoms. The van der Waals surface area contributed by atoms with Gasteiger partial charge in [-0.05, 0) is 24.3 Å². The van der Waals surface area contributed by atoms with E-state index in [4.69, 9.17) is 17.4 Å². The highest BCUT2D eigenvalue weighted by Gasteiger charge is 2.39. The van der Waals surface area contributed by atoms with E-state index in [1.807, 2.05) is 0 Å². The maximum atomic E-state index is 12.6. The lowest BCUT2D eigenvalue weighted by atomic mass is 10.2. The van der Waals surface area contributed by atoms with Gasteiger partial charge in [-0.1, -0.05) is 11.6 Å². The fourth-order valence-electron chi connectivity index (χ4n) is 1.98. The molecule has 136 valence electrons. The molecule has 0 bridgehead atoms. The summed E-state index contributed by atoms with van der Waals surface area (Å²) in [7, 11) is 0. The highest BCUT2D eigenvalue weighted by molar-refractivity contribution is 6.30. The highest BCUT2D eigenvalue weighted by atomic mass is 35.5. The molecule has 1 aromatic heterocycles. The standard InChI is InChI=1S/C13H13ClF3N5O3/c14-8-3-1-7(2-4-8)11-20-22(6-10(24)19-18)12(25)21(11)5-9(23)13(15,16)17/h1-4,9,23H,5-6,18H2,(H,19,24). The molecule has 1 amide bonds. The molecule has 0 aliphatic rings. The van der Waals surface area contributed by atoms with Crippen molar-refractivity contribution in [3.63, 3.8) is 0 Å². The Morgan fingerprint density at radius 1 is 1.36 bits per heavy atom.